The molecule has 2 aromatic heterocycles. The first-order valence-electron chi connectivity index (χ1n) is 12.4. The molecule has 1 aliphatic rings. The summed E-state index contributed by atoms with van der Waals surface area (Å²) in [6.07, 6.45) is 6.13. The molecular formula is C28H27F2N5O3S. The number of H-pyrrole nitrogens is 1. The zero-order valence-electron chi connectivity index (χ0n) is 21.4. The minimum absolute atomic E-state index is 0.0133. The molecule has 0 radical (unpaired) electrons. The molecule has 0 fully saturated rings. The van der Waals surface area contributed by atoms with Crippen LogP contribution in [0.25, 0.3) is 27.7 Å². The average molecular weight is 552 g/mol. The number of ketones is 1. The zero-order chi connectivity index (χ0) is 27.7. The smallest absolute Gasteiger partial charge is 0.301 e. The third-order valence-electron chi connectivity index (χ3n) is 6.84. The van der Waals surface area contributed by atoms with Crippen LogP contribution in [0.1, 0.15) is 34.8 Å². The summed E-state index contributed by atoms with van der Waals surface area (Å²) >= 11 is 0. The van der Waals surface area contributed by atoms with E-state index in [1.54, 1.807) is 19.2 Å². The van der Waals surface area contributed by atoms with Crippen LogP contribution in [-0.4, -0.2) is 55.2 Å². The zero-order valence-corrected chi connectivity index (χ0v) is 22.2. The minimum atomic E-state index is -4.09. The van der Waals surface area contributed by atoms with Gasteiger partial charge in [-0.2, -0.15) is 12.7 Å². The normalized spacial score (nSPS) is 14.0. The van der Waals surface area contributed by atoms with Gasteiger partial charge in [0.25, 0.3) is 0 Å². The second-order valence-corrected chi connectivity index (χ2v) is 11.0. The number of nitrogens with zero attached hydrogens (tertiary/aromatic N) is 2. The van der Waals surface area contributed by atoms with Crippen molar-refractivity contribution in [2.45, 2.75) is 13.3 Å². The average Bonchev–Trinajstić information content (AvgIpc) is 3.38. The van der Waals surface area contributed by atoms with E-state index in [2.05, 4.69) is 26.1 Å². The van der Waals surface area contributed by atoms with E-state index in [0.717, 1.165) is 52.6 Å². The van der Waals surface area contributed by atoms with Crippen molar-refractivity contribution in [2.75, 3.05) is 31.4 Å². The molecule has 8 nitrogen and oxygen atoms in total. The van der Waals surface area contributed by atoms with Crippen molar-refractivity contribution in [3.8, 4) is 11.1 Å². The molecule has 11 heteroatoms. The highest BCUT2D eigenvalue weighted by Gasteiger charge is 2.27. The fourth-order valence-electron chi connectivity index (χ4n) is 4.47. The number of nitrogens with one attached hydrogen (secondary N) is 3. The van der Waals surface area contributed by atoms with Crippen LogP contribution in [0.2, 0.25) is 0 Å². The lowest BCUT2D eigenvalue weighted by atomic mass is 9.96. The van der Waals surface area contributed by atoms with Crippen LogP contribution in [0.4, 0.5) is 14.5 Å². The van der Waals surface area contributed by atoms with Crippen molar-refractivity contribution in [1.29, 1.82) is 0 Å². The molecule has 0 atom stereocenters. The molecule has 39 heavy (non-hydrogen) atoms. The molecule has 0 amide bonds. The maximum absolute atomic E-state index is 15.4. The molecule has 3 N–H and O–H groups in total. The van der Waals surface area contributed by atoms with Gasteiger partial charge in [0.05, 0.1) is 11.3 Å². The Morgan fingerprint density at radius 2 is 1.85 bits per heavy atom. The molecule has 5 rings (SSSR count). The number of fused-ring (bicyclic) bond motifs is 1. The van der Waals surface area contributed by atoms with Gasteiger partial charge in [-0.15, -0.1) is 0 Å². The standard InChI is InChI=1S/C28H27F2N5O3S/c1-3-35(2)39(37,38)34-24-9-8-23(29)25(26(24)30)27(36)22-16-33-28-21(22)14-20(15-32-28)18-6-4-17(5-7-18)19-10-12-31-13-11-19/h4-10,14-16,31,34H,3,11-13H2,1-2H3,(H,32,33). The number of hydrogen-bond donors (Lipinski definition) is 3. The van der Waals surface area contributed by atoms with E-state index in [-0.39, 0.29) is 12.1 Å². The fourth-order valence-corrected chi connectivity index (χ4v) is 5.40. The van der Waals surface area contributed by atoms with Crippen LogP contribution >= 0.6 is 0 Å². The lowest BCUT2D eigenvalue weighted by Crippen LogP contribution is -2.32. The van der Waals surface area contributed by atoms with E-state index in [9.17, 15) is 17.6 Å². The second kappa shape index (κ2) is 10.7. The van der Waals surface area contributed by atoms with E-state index < -0.39 is 38.9 Å². The van der Waals surface area contributed by atoms with E-state index in [1.165, 1.54) is 18.8 Å². The Morgan fingerprint density at radius 3 is 2.54 bits per heavy atom. The Bertz CT molecular complexity index is 1700. The van der Waals surface area contributed by atoms with Gasteiger partial charge in [0.2, 0.25) is 5.78 Å². The third-order valence-corrected chi connectivity index (χ3v) is 8.40. The molecule has 0 bridgehead atoms. The summed E-state index contributed by atoms with van der Waals surface area (Å²) in [6, 6.07) is 11.6. The number of carbonyl (C=O) groups is 1. The van der Waals surface area contributed by atoms with Crippen LogP contribution in [-0.2, 0) is 10.2 Å². The molecule has 0 saturated heterocycles. The van der Waals surface area contributed by atoms with Gasteiger partial charge in [0.1, 0.15) is 11.5 Å². The van der Waals surface area contributed by atoms with Gasteiger partial charge >= 0.3 is 10.2 Å². The summed E-state index contributed by atoms with van der Waals surface area (Å²) in [5, 5.41) is 3.68. The second-order valence-electron chi connectivity index (χ2n) is 9.22. The molecule has 0 aliphatic carbocycles. The monoisotopic (exact) mass is 551 g/mol. The Hall–Kier alpha value is -3.93. The molecule has 0 spiro atoms. The van der Waals surface area contributed by atoms with Gasteiger partial charge in [-0.05, 0) is 47.9 Å². The summed E-state index contributed by atoms with van der Waals surface area (Å²) in [6.45, 7) is 3.51. The Labute approximate surface area is 224 Å². The predicted molar refractivity (Wildman–Crippen MR) is 148 cm³/mol. The molecule has 202 valence electrons. The maximum Gasteiger partial charge on any atom is 0.301 e. The van der Waals surface area contributed by atoms with Gasteiger partial charge in [-0.25, -0.2) is 13.8 Å². The molecule has 3 heterocycles. The number of hydrogen-bond acceptors (Lipinski definition) is 5. The first kappa shape index (κ1) is 26.7. The number of halogens is 2. The summed E-state index contributed by atoms with van der Waals surface area (Å²) in [5.41, 5.74) is 3.02. The molecular weight excluding hydrogens is 524 g/mol. The van der Waals surface area contributed by atoms with Crippen molar-refractivity contribution in [2.24, 2.45) is 0 Å². The Morgan fingerprint density at radius 1 is 1.10 bits per heavy atom. The van der Waals surface area contributed by atoms with Crippen LogP contribution in [0, 0.1) is 11.6 Å². The van der Waals surface area contributed by atoms with Gasteiger partial charge in [0, 0.05) is 49.0 Å². The van der Waals surface area contributed by atoms with Gasteiger partial charge in [-0.3, -0.25) is 9.52 Å². The van der Waals surface area contributed by atoms with Crippen molar-refractivity contribution in [3.63, 3.8) is 0 Å². The molecule has 0 unspecified atom stereocenters. The van der Waals surface area contributed by atoms with Gasteiger partial charge in [-0.1, -0.05) is 37.3 Å². The molecule has 0 saturated carbocycles. The van der Waals surface area contributed by atoms with Crippen molar-refractivity contribution < 1.29 is 22.0 Å². The fraction of sp³-hybridized carbons (Fsp3) is 0.214. The number of pyridine rings is 1. The van der Waals surface area contributed by atoms with E-state index in [1.807, 2.05) is 24.3 Å². The van der Waals surface area contributed by atoms with E-state index in [0.29, 0.717) is 11.0 Å². The number of carbonyl (C=O) groups excluding carboxylic acids is 1. The highest BCUT2D eigenvalue weighted by molar-refractivity contribution is 7.90. The topological polar surface area (TPSA) is 107 Å². The molecule has 4 aromatic rings. The van der Waals surface area contributed by atoms with E-state index >= 15 is 4.39 Å². The number of benzene rings is 2. The van der Waals surface area contributed by atoms with Gasteiger partial charge in [0.15, 0.2) is 5.82 Å². The van der Waals surface area contributed by atoms with Crippen LogP contribution < -0.4 is 10.0 Å². The SMILES string of the molecule is CCN(C)S(=O)(=O)Nc1ccc(F)c(C(=O)c2c[nH]c3ncc(-c4ccc(C5=CCNCC5)cc4)cc23)c1F. The van der Waals surface area contributed by atoms with Crippen molar-refractivity contribution in [1.82, 2.24) is 19.6 Å². The number of rotatable bonds is 8. The lowest BCUT2D eigenvalue weighted by Gasteiger charge is -2.17. The van der Waals surface area contributed by atoms with E-state index in [4.69, 9.17) is 0 Å². The van der Waals surface area contributed by atoms with Crippen LogP contribution in [0.5, 0.6) is 0 Å². The minimum Gasteiger partial charge on any atom is -0.345 e. The summed E-state index contributed by atoms with van der Waals surface area (Å²) < 4.78 is 58.0. The largest absolute Gasteiger partial charge is 0.345 e. The van der Waals surface area contributed by atoms with Crippen LogP contribution in [0.3, 0.4) is 0 Å². The molecule has 1 aliphatic heterocycles. The first-order valence-corrected chi connectivity index (χ1v) is 13.9. The van der Waals surface area contributed by atoms with Crippen LogP contribution in [0.15, 0.2) is 60.9 Å². The summed E-state index contributed by atoms with van der Waals surface area (Å²) in [5.74, 6) is -3.34. The predicted octanol–water partition coefficient (Wildman–Crippen LogP) is 4.72. The first-order chi connectivity index (χ1) is 18.7. The Kier molecular flexibility index (Phi) is 7.30. The third kappa shape index (κ3) is 5.20. The summed E-state index contributed by atoms with van der Waals surface area (Å²) in [4.78, 5) is 20.7. The highest BCUT2D eigenvalue weighted by Crippen LogP contribution is 2.30. The highest BCUT2D eigenvalue weighted by atomic mass is 32.2. The number of aromatic nitrogens is 2. The summed E-state index contributed by atoms with van der Waals surface area (Å²) in [7, 11) is -2.78. The maximum atomic E-state index is 15.4. The van der Waals surface area contributed by atoms with Crippen molar-refractivity contribution in [3.05, 3.63) is 89.3 Å². The van der Waals surface area contributed by atoms with Gasteiger partial charge < -0.3 is 10.3 Å². The number of anilines is 1. The Balaban J connectivity index is 1.49. The number of aromatic amines is 1. The van der Waals surface area contributed by atoms with Crippen molar-refractivity contribution >= 4 is 38.3 Å². The quantitative estimate of drug-likeness (QED) is 0.275. The lowest BCUT2D eigenvalue weighted by molar-refractivity contribution is 0.103. The molecule has 2 aromatic carbocycles.